The number of hydrogen-bond acceptors (Lipinski definition) is 7. The van der Waals surface area contributed by atoms with Crippen LogP contribution in [0.15, 0.2) is 20.4 Å². The Bertz CT molecular complexity index is 1080. The molecule has 27 heavy (non-hydrogen) atoms. The molecule has 6 nitrogen and oxygen atoms in total. The fourth-order valence-corrected chi connectivity index (χ4v) is 4.97. The van der Waals surface area contributed by atoms with E-state index in [0.717, 1.165) is 20.8 Å². The molecule has 0 aliphatic rings. The molecule has 0 aliphatic heterocycles. The maximum atomic E-state index is 13.1. The largest absolute Gasteiger partial charge is 0.463 e. The van der Waals surface area contributed by atoms with E-state index in [1.165, 1.54) is 18.9 Å². The second-order valence-electron chi connectivity index (χ2n) is 6.63. The molecule has 0 fully saturated rings. The second kappa shape index (κ2) is 7.52. The van der Waals surface area contributed by atoms with Crippen molar-refractivity contribution in [2.45, 2.75) is 51.6 Å². The van der Waals surface area contributed by atoms with E-state index in [1.807, 2.05) is 33.8 Å². The lowest BCUT2D eigenvalue weighted by atomic mass is 10.2. The Morgan fingerprint density at radius 1 is 1.37 bits per heavy atom. The molecular weight excluding hydrogens is 384 g/mol. The number of furan rings is 1. The van der Waals surface area contributed by atoms with Gasteiger partial charge in [-0.3, -0.25) is 9.36 Å². The summed E-state index contributed by atoms with van der Waals surface area (Å²) >= 11 is 2.97. The summed E-state index contributed by atoms with van der Waals surface area (Å²) in [5, 5.41) is 1.36. The van der Waals surface area contributed by atoms with Crippen LogP contribution >= 0.6 is 23.1 Å². The average molecular weight is 407 g/mol. The molecule has 0 N–H and O–H groups in total. The first-order chi connectivity index (χ1) is 12.7. The van der Waals surface area contributed by atoms with Crippen LogP contribution in [0.4, 0.5) is 0 Å². The number of thiophene rings is 1. The van der Waals surface area contributed by atoms with Gasteiger partial charge in [0.2, 0.25) is 5.76 Å². The molecule has 144 valence electrons. The van der Waals surface area contributed by atoms with Crippen LogP contribution in [0.3, 0.4) is 0 Å². The molecule has 0 radical (unpaired) electrons. The van der Waals surface area contributed by atoms with Gasteiger partial charge >= 0.3 is 5.97 Å². The van der Waals surface area contributed by atoms with Gasteiger partial charge in [-0.1, -0.05) is 11.8 Å². The third-order valence-electron chi connectivity index (χ3n) is 4.40. The Morgan fingerprint density at radius 2 is 2.07 bits per heavy atom. The normalized spacial score (nSPS) is 11.5. The van der Waals surface area contributed by atoms with E-state index in [1.54, 1.807) is 22.8 Å². The summed E-state index contributed by atoms with van der Waals surface area (Å²) < 4.78 is 12.1. The van der Waals surface area contributed by atoms with Crippen molar-refractivity contribution in [3.8, 4) is 0 Å². The highest BCUT2D eigenvalue weighted by Gasteiger charge is 2.20. The van der Waals surface area contributed by atoms with Gasteiger partial charge in [0, 0.05) is 16.5 Å². The van der Waals surface area contributed by atoms with Crippen LogP contribution in [0.25, 0.3) is 10.2 Å². The number of hydrogen-bond donors (Lipinski definition) is 0. The van der Waals surface area contributed by atoms with Gasteiger partial charge in [0.1, 0.15) is 10.6 Å². The molecule has 0 spiro atoms. The van der Waals surface area contributed by atoms with Crippen LogP contribution in [0.1, 0.15) is 52.2 Å². The highest BCUT2D eigenvalue weighted by molar-refractivity contribution is 7.98. The molecule has 0 amide bonds. The Balaban J connectivity index is 1.99. The topological polar surface area (TPSA) is 74.3 Å². The SMILES string of the molecule is COC(=O)c1oc(CSc2nc3sc(C)c(C)c3c(=O)n2C(C)C)cc1C. The molecule has 0 unspecified atom stereocenters. The molecule has 3 rings (SSSR count). The quantitative estimate of drug-likeness (QED) is 0.349. The lowest BCUT2D eigenvalue weighted by Crippen LogP contribution is -2.24. The smallest absolute Gasteiger partial charge is 0.374 e. The van der Waals surface area contributed by atoms with Gasteiger partial charge in [0.05, 0.1) is 18.2 Å². The zero-order chi connectivity index (χ0) is 19.9. The minimum atomic E-state index is -0.494. The van der Waals surface area contributed by atoms with Crippen LogP contribution in [0, 0.1) is 20.8 Å². The number of rotatable bonds is 5. The first-order valence-electron chi connectivity index (χ1n) is 8.57. The maximum Gasteiger partial charge on any atom is 0.374 e. The highest BCUT2D eigenvalue weighted by Crippen LogP contribution is 2.31. The van der Waals surface area contributed by atoms with Crippen molar-refractivity contribution in [3.63, 3.8) is 0 Å². The molecule has 0 aromatic carbocycles. The van der Waals surface area contributed by atoms with Crippen LogP contribution in [-0.2, 0) is 10.5 Å². The van der Waals surface area contributed by atoms with E-state index < -0.39 is 5.97 Å². The Kier molecular flexibility index (Phi) is 5.48. The van der Waals surface area contributed by atoms with Crippen molar-refractivity contribution in [2.24, 2.45) is 0 Å². The molecular formula is C19H22N2O4S2. The van der Waals surface area contributed by atoms with Gasteiger partial charge in [-0.15, -0.1) is 11.3 Å². The lowest BCUT2D eigenvalue weighted by Gasteiger charge is -2.15. The summed E-state index contributed by atoms with van der Waals surface area (Å²) in [6, 6.07) is 1.80. The summed E-state index contributed by atoms with van der Waals surface area (Å²) in [4.78, 5) is 31.4. The van der Waals surface area contributed by atoms with E-state index in [9.17, 15) is 9.59 Å². The predicted molar refractivity (Wildman–Crippen MR) is 108 cm³/mol. The summed E-state index contributed by atoms with van der Waals surface area (Å²) in [7, 11) is 1.32. The number of aromatic nitrogens is 2. The highest BCUT2D eigenvalue weighted by atomic mass is 32.2. The van der Waals surface area contributed by atoms with E-state index in [-0.39, 0.29) is 17.4 Å². The standard InChI is InChI=1S/C19H22N2O4S2/c1-9(2)21-17(22)14-11(4)12(5)27-16(14)20-19(21)26-8-13-7-10(3)15(25-13)18(23)24-6/h7,9H,8H2,1-6H3. The van der Waals surface area contributed by atoms with Gasteiger partial charge in [-0.25, -0.2) is 9.78 Å². The third kappa shape index (κ3) is 3.55. The number of carbonyl (C=O) groups excluding carboxylic acids is 1. The number of aryl methyl sites for hydroxylation is 3. The monoisotopic (exact) mass is 406 g/mol. The Morgan fingerprint density at radius 3 is 2.70 bits per heavy atom. The molecule has 3 aromatic heterocycles. The zero-order valence-corrected chi connectivity index (χ0v) is 17.8. The molecule has 0 saturated heterocycles. The number of methoxy groups -OCH3 is 1. The fraction of sp³-hybridized carbons (Fsp3) is 0.421. The average Bonchev–Trinajstić information content (AvgIpc) is 3.11. The Hall–Kier alpha value is -2.06. The van der Waals surface area contributed by atoms with Crippen molar-refractivity contribution >= 4 is 39.3 Å². The number of fused-ring (bicyclic) bond motifs is 1. The van der Waals surface area contributed by atoms with Crippen molar-refractivity contribution in [1.82, 2.24) is 9.55 Å². The number of ether oxygens (including phenoxy) is 1. The van der Waals surface area contributed by atoms with Crippen LogP contribution < -0.4 is 5.56 Å². The molecule has 0 bridgehead atoms. The van der Waals surface area contributed by atoms with E-state index in [2.05, 4.69) is 0 Å². The van der Waals surface area contributed by atoms with E-state index >= 15 is 0 Å². The number of nitrogens with zero attached hydrogens (tertiary/aromatic N) is 2. The first-order valence-corrected chi connectivity index (χ1v) is 10.4. The van der Waals surface area contributed by atoms with Gasteiger partial charge in [-0.2, -0.15) is 0 Å². The maximum absolute atomic E-state index is 13.1. The van der Waals surface area contributed by atoms with Gasteiger partial charge < -0.3 is 9.15 Å². The first kappa shape index (κ1) is 19.7. The molecule has 8 heteroatoms. The van der Waals surface area contributed by atoms with Crippen molar-refractivity contribution < 1.29 is 13.9 Å². The minimum Gasteiger partial charge on any atom is -0.463 e. The van der Waals surface area contributed by atoms with Gasteiger partial charge in [-0.05, 0) is 46.2 Å². The van der Waals surface area contributed by atoms with Crippen molar-refractivity contribution in [2.75, 3.05) is 7.11 Å². The molecule has 0 aliphatic carbocycles. The molecule has 3 heterocycles. The summed E-state index contributed by atoms with van der Waals surface area (Å²) in [6.45, 7) is 9.72. The number of thioether (sulfide) groups is 1. The van der Waals surface area contributed by atoms with Crippen molar-refractivity contribution in [1.29, 1.82) is 0 Å². The number of esters is 1. The van der Waals surface area contributed by atoms with Crippen molar-refractivity contribution in [3.05, 3.63) is 43.9 Å². The van der Waals surface area contributed by atoms with Crippen LogP contribution in [-0.4, -0.2) is 22.6 Å². The fourth-order valence-electron chi connectivity index (χ4n) is 2.90. The summed E-state index contributed by atoms with van der Waals surface area (Å²) in [5.74, 6) is 0.821. The summed E-state index contributed by atoms with van der Waals surface area (Å²) in [6.07, 6.45) is 0. The third-order valence-corrected chi connectivity index (χ3v) is 6.48. The van der Waals surface area contributed by atoms with E-state index in [4.69, 9.17) is 14.1 Å². The van der Waals surface area contributed by atoms with Crippen LogP contribution in [0.5, 0.6) is 0 Å². The zero-order valence-electron chi connectivity index (χ0n) is 16.2. The number of carbonyl (C=O) groups is 1. The minimum absolute atomic E-state index is 0.00905. The molecule has 0 saturated carbocycles. The molecule has 0 atom stereocenters. The van der Waals surface area contributed by atoms with Crippen LogP contribution in [0.2, 0.25) is 0 Å². The van der Waals surface area contributed by atoms with Gasteiger partial charge in [0.15, 0.2) is 5.16 Å². The molecule has 3 aromatic rings. The summed E-state index contributed by atoms with van der Waals surface area (Å²) in [5.41, 5.74) is 1.72. The van der Waals surface area contributed by atoms with Gasteiger partial charge in [0.25, 0.3) is 5.56 Å². The van der Waals surface area contributed by atoms with E-state index in [0.29, 0.717) is 22.1 Å². The Labute approximate surface area is 165 Å². The predicted octanol–water partition coefficient (Wildman–Crippen LogP) is 4.64. The second-order valence-corrected chi connectivity index (χ2v) is 8.78. The lowest BCUT2D eigenvalue weighted by molar-refractivity contribution is 0.0562.